The molecule has 1 aromatic heterocycles. The lowest BCUT2D eigenvalue weighted by Crippen LogP contribution is -2.52. The molecule has 7 heteroatoms. The van der Waals surface area contributed by atoms with E-state index in [1.165, 1.54) is 6.08 Å². The minimum atomic E-state index is -0.237. The average molecular weight is 297 g/mol. The van der Waals surface area contributed by atoms with E-state index < -0.39 is 0 Å². The number of thiophene rings is 1. The first kappa shape index (κ1) is 14.1. The predicted molar refractivity (Wildman–Crippen MR) is 79.6 cm³/mol. The number of nitrogens with one attached hydrogen (secondary N) is 2. The maximum atomic E-state index is 11.6. The van der Waals surface area contributed by atoms with Crippen LogP contribution in [0.1, 0.15) is 4.88 Å². The highest BCUT2D eigenvalue weighted by molar-refractivity contribution is 7.80. The zero-order valence-corrected chi connectivity index (χ0v) is 11.9. The van der Waals surface area contributed by atoms with E-state index in [9.17, 15) is 4.79 Å². The molecule has 102 valence electrons. The molecule has 1 amide bonds. The molecule has 1 aliphatic heterocycles. The predicted octanol–water partition coefficient (Wildman–Crippen LogP) is 0.999. The van der Waals surface area contributed by atoms with Crippen molar-refractivity contribution in [3.63, 3.8) is 0 Å². The minimum Gasteiger partial charge on any atom is -0.379 e. The van der Waals surface area contributed by atoms with E-state index in [0.29, 0.717) is 18.3 Å². The Kier molecular flexibility index (Phi) is 5.46. The van der Waals surface area contributed by atoms with Crippen LogP contribution in [0, 0.1) is 0 Å². The van der Waals surface area contributed by atoms with Gasteiger partial charge in [-0.3, -0.25) is 15.5 Å². The smallest absolute Gasteiger partial charge is 0.250 e. The van der Waals surface area contributed by atoms with Crippen molar-refractivity contribution in [3.8, 4) is 0 Å². The van der Waals surface area contributed by atoms with E-state index in [0.717, 1.165) is 18.0 Å². The van der Waals surface area contributed by atoms with Crippen LogP contribution in [0.5, 0.6) is 0 Å². The van der Waals surface area contributed by atoms with E-state index >= 15 is 0 Å². The van der Waals surface area contributed by atoms with Crippen molar-refractivity contribution in [2.75, 3.05) is 26.3 Å². The zero-order chi connectivity index (χ0) is 13.5. The van der Waals surface area contributed by atoms with E-state index in [-0.39, 0.29) is 5.91 Å². The molecule has 0 spiro atoms. The van der Waals surface area contributed by atoms with Gasteiger partial charge in [0.25, 0.3) is 0 Å². The molecule has 2 heterocycles. The van der Waals surface area contributed by atoms with Crippen LogP contribution in [-0.4, -0.2) is 42.3 Å². The van der Waals surface area contributed by atoms with Crippen LogP contribution in [-0.2, 0) is 9.53 Å². The normalized spacial score (nSPS) is 16.4. The molecule has 0 atom stereocenters. The van der Waals surface area contributed by atoms with Crippen molar-refractivity contribution in [1.82, 2.24) is 15.8 Å². The third-order valence-corrected chi connectivity index (χ3v) is 3.48. The summed E-state index contributed by atoms with van der Waals surface area (Å²) in [4.78, 5) is 12.7. The van der Waals surface area contributed by atoms with E-state index in [2.05, 4.69) is 10.7 Å². The summed E-state index contributed by atoms with van der Waals surface area (Å²) in [5.41, 5.74) is 2.96. The SMILES string of the molecule is O=C(/C=C/c1cccs1)NC(=S)NN1CCOCC1. The number of carbonyl (C=O) groups is 1. The second-order valence-corrected chi connectivity index (χ2v) is 5.27. The van der Waals surface area contributed by atoms with Crippen molar-refractivity contribution >= 4 is 40.7 Å². The third kappa shape index (κ3) is 5.07. The highest BCUT2D eigenvalue weighted by atomic mass is 32.1. The first-order valence-corrected chi connectivity index (χ1v) is 7.19. The van der Waals surface area contributed by atoms with Crippen molar-refractivity contribution < 1.29 is 9.53 Å². The topological polar surface area (TPSA) is 53.6 Å². The fourth-order valence-electron chi connectivity index (χ4n) is 1.54. The Morgan fingerprint density at radius 1 is 1.47 bits per heavy atom. The number of rotatable bonds is 3. The zero-order valence-electron chi connectivity index (χ0n) is 10.3. The summed E-state index contributed by atoms with van der Waals surface area (Å²) < 4.78 is 5.22. The number of hydrazine groups is 1. The Morgan fingerprint density at radius 3 is 2.95 bits per heavy atom. The fraction of sp³-hybridized carbons (Fsp3) is 0.333. The number of ether oxygens (including phenoxy) is 1. The monoisotopic (exact) mass is 297 g/mol. The highest BCUT2D eigenvalue weighted by Crippen LogP contribution is 2.09. The molecule has 2 N–H and O–H groups in total. The minimum absolute atomic E-state index is 0.237. The highest BCUT2D eigenvalue weighted by Gasteiger charge is 2.11. The molecule has 19 heavy (non-hydrogen) atoms. The van der Waals surface area contributed by atoms with Gasteiger partial charge in [0.2, 0.25) is 5.91 Å². The molecule has 0 radical (unpaired) electrons. The van der Waals surface area contributed by atoms with Gasteiger partial charge in [-0.15, -0.1) is 11.3 Å². The molecular weight excluding hydrogens is 282 g/mol. The van der Waals surface area contributed by atoms with Gasteiger partial charge in [0.1, 0.15) is 0 Å². The van der Waals surface area contributed by atoms with Crippen LogP contribution in [0.4, 0.5) is 0 Å². The summed E-state index contributed by atoms with van der Waals surface area (Å²) in [6.45, 7) is 2.84. The van der Waals surface area contributed by atoms with Gasteiger partial charge in [0.05, 0.1) is 13.2 Å². The molecule has 1 fully saturated rings. The summed E-state index contributed by atoms with van der Waals surface area (Å²) >= 11 is 6.64. The van der Waals surface area contributed by atoms with Gasteiger partial charge >= 0.3 is 0 Å². The molecule has 1 saturated heterocycles. The van der Waals surface area contributed by atoms with Crippen LogP contribution >= 0.6 is 23.6 Å². The summed E-state index contributed by atoms with van der Waals surface area (Å²) in [7, 11) is 0. The fourth-order valence-corrected chi connectivity index (χ4v) is 2.39. The van der Waals surface area contributed by atoms with Crippen LogP contribution in [0.2, 0.25) is 0 Å². The third-order valence-electron chi connectivity index (χ3n) is 2.45. The largest absolute Gasteiger partial charge is 0.379 e. The first-order chi connectivity index (χ1) is 9.24. The van der Waals surface area contributed by atoms with E-state index in [1.54, 1.807) is 17.4 Å². The van der Waals surface area contributed by atoms with Crippen LogP contribution in [0.25, 0.3) is 6.08 Å². The molecule has 0 aliphatic carbocycles. The van der Waals surface area contributed by atoms with Crippen LogP contribution in [0.3, 0.4) is 0 Å². The summed E-state index contributed by atoms with van der Waals surface area (Å²) in [5, 5.41) is 6.80. The summed E-state index contributed by atoms with van der Waals surface area (Å²) in [6, 6.07) is 3.88. The molecule has 5 nitrogen and oxygen atoms in total. The quantitative estimate of drug-likeness (QED) is 0.644. The van der Waals surface area contributed by atoms with Gasteiger partial charge in [-0.05, 0) is 29.7 Å². The van der Waals surface area contributed by atoms with Crippen LogP contribution in [0.15, 0.2) is 23.6 Å². The molecule has 1 aromatic rings. The molecule has 1 aliphatic rings. The second kappa shape index (κ2) is 7.34. The lowest BCUT2D eigenvalue weighted by molar-refractivity contribution is -0.115. The number of carbonyl (C=O) groups excluding carboxylic acids is 1. The van der Waals surface area contributed by atoms with E-state index in [4.69, 9.17) is 17.0 Å². The maximum absolute atomic E-state index is 11.6. The second-order valence-electron chi connectivity index (χ2n) is 3.88. The Hall–Kier alpha value is -1.28. The first-order valence-electron chi connectivity index (χ1n) is 5.90. The number of nitrogens with zero attached hydrogens (tertiary/aromatic N) is 1. The molecule has 0 bridgehead atoms. The number of hydrogen-bond acceptors (Lipinski definition) is 5. The molecule has 2 rings (SSSR count). The van der Waals surface area contributed by atoms with E-state index in [1.807, 2.05) is 22.5 Å². The Bertz CT molecular complexity index is 454. The Labute approximate surface area is 121 Å². The standard InChI is InChI=1S/C12H15N3O2S2/c16-11(4-3-10-2-1-9-19-10)13-12(18)14-15-5-7-17-8-6-15/h1-4,9H,5-8H2,(H2,13,14,16,18)/b4-3+. The number of morpholine rings is 1. The lowest BCUT2D eigenvalue weighted by Gasteiger charge is -2.27. The average Bonchev–Trinajstić information content (AvgIpc) is 2.90. The Morgan fingerprint density at radius 2 is 2.26 bits per heavy atom. The maximum Gasteiger partial charge on any atom is 0.250 e. The van der Waals surface area contributed by atoms with Crippen LogP contribution < -0.4 is 10.7 Å². The molecule has 0 saturated carbocycles. The lowest BCUT2D eigenvalue weighted by atomic mass is 10.4. The van der Waals surface area contributed by atoms with Gasteiger partial charge in [0, 0.05) is 24.0 Å². The van der Waals surface area contributed by atoms with Gasteiger partial charge in [-0.1, -0.05) is 6.07 Å². The number of hydrogen-bond donors (Lipinski definition) is 2. The summed E-state index contributed by atoms with van der Waals surface area (Å²) in [5.74, 6) is -0.237. The molecule has 0 unspecified atom stereocenters. The van der Waals surface area contributed by atoms with Crippen molar-refractivity contribution in [1.29, 1.82) is 0 Å². The number of thiocarbonyl (C=S) groups is 1. The number of amides is 1. The van der Waals surface area contributed by atoms with Crippen molar-refractivity contribution in [3.05, 3.63) is 28.5 Å². The van der Waals surface area contributed by atoms with Gasteiger partial charge < -0.3 is 4.74 Å². The van der Waals surface area contributed by atoms with Crippen molar-refractivity contribution in [2.45, 2.75) is 0 Å². The van der Waals surface area contributed by atoms with Gasteiger partial charge in [-0.2, -0.15) is 0 Å². The summed E-state index contributed by atoms with van der Waals surface area (Å²) in [6.07, 6.45) is 3.23. The Balaban J connectivity index is 1.73. The molecule has 0 aromatic carbocycles. The molecular formula is C12H15N3O2S2. The van der Waals surface area contributed by atoms with Gasteiger partial charge in [-0.25, -0.2) is 5.01 Å². The van der Waals surface area contributed by atoms with Crippen molar-refractivity contribution in [2.24, 2.45) is 0 Å². The van der Waals surface area contributed by atoms with Gasteiger partial charge in [0.15, 0.2) is 5.11 Å².